The van der Waals surface area contributed by atoms with Gasteiger partial charge in [-0.25, -0.2) is 0 Å². The average molecular weight is 1410 g/mol. The van der Waals surface area contributed by atoms with Gasteiger partial charge in [0.15, 0.2) is 39.7 Å². The maximum atomic E-state index is 6.18. The third-order valence-corrected chi connectivity index (χ3v) is 21.2. The fourth-order valence-electron chi connectivity index (χ4n) is 14.7. The summed E-state index contributed by atoms with van der Waals surface area (Å²) in [5, 5.41) is 20.4. The third kappa shape index (κ3) is 19.4. The normalized spacial score (nSPS) is 18.1. The van der Waals surface area contributed by atoms with Crippen LogP contribution in [0.1, 0.15) is 141 Å². The molecule has 0 atom stereocenters. The summed E-state index contributed by atoms with van der Waals surface area (Å²) >= 11 is 0. The zero-order chi connectivity index (χ0) is 66.9. The van der Waals surface area contributed by atoms with Gasteiger partial charge >= 0.3 is 0 Å². The number of benzene rings is 5. The van der Waals surface area contributed by atoms with Gasteiger partial charge in [0.2, 0.25) is 13.6 Å². The van der Waals surface area contributed by atoms with E-state index in [0.29, 0.717) is 13.6 Å². The van der Waals surface area contributed by atoms with E-state index in [-0.39, 0.29) is 24.8 Å². The molecule has 8 heterocycles. The number of halogens is 2. The molecule has 3 aromatic heterocycles. The molecule has 3 saturated carbocycles. The Kier molecular flexibility index (Phi) is 25.3. The first kappa shape index (κ1) is 73.2. The highest BCUT2D eigenvalue weighted by Crippen LogP contribution is 2.41. The Bertz CT molecular complexity index is 3730. The zero-order valence-corrected chi connectivity index (χ0v) is 61.5. The van der Waals surface area contributed by atoms with E-state index in [0.717, 1.165) is 266 Å². The van der Waals surface area contributed by atoms with Gasteiger partial charge in [0.1, 0.15) is 17.2 Å². The maximum absolute atomic E-state index is 6.18. The predicted molar refractivity (Wildman–Crippen MR) is 395 cm³/mol. The lowest BCUT2D eigenvalue weighted by atomic mass is 9.91. The Labute approximate surface area is 603 Å². The molecule has 8 aromatic rings. The number of nitrogens with zero attached hydrogens (tertiary/aromatic N) is 8. The Hall–Kier alpha value is -6.55. The summed E-state index contributed by atoms with van der Waals surface area (Å²) in [6, 6.07) is 25.4. The van der Waals surface area contributed by atoms with Crippen molar-refractivity contribution in [1.29, 1.82) is 0 Å². The Morgan fingerprint density at radius 1 is 0.400 bits per heavy atom. The maximum Gasteiger partial charge on any atom is 0.231 e. The molecule has 8 aliphatic rings. The van der Waals surface area contributed by atoms with Crippen molar-refractivity contribution in [1.82, 2.24) is 45.3 Å². The van der Waals surface area contributed by atoms with Gasteiger partial charge in [-0.2, -0.15) is 0 Å². The molecule has 0 amide bonds. The molecule has 3 saturated heterocycles. The van der Waals surface area contributed by atoms with Crippen LogP contribution in [0.25, 0.3) is 32.9 Å². The number of aryl methyl sites for hydroxylation is 3. The lowest BCUT2D eigenvalue weighted by Gasteiger charge is -2.32. The smallest absolute Gasteiger partial charge is 0.231 e. The number of fused-ring (bicyclic) bond motifs is 5. The van der Waals surface area contributed by atoms with Crippen LogP contribution in [0.2, 0.25) is 0 Å². The lowest BCUT2D eigenvalue weighted by Crippen LogP contribution is -2.33. The number of piperidine rings is 3. The quantitative estimate of drug-likeness (QED) is 0.0490. The highest BCUT2D eigenvalue weighted by molar-refractivity contribution is 5.87. The summed E-state index contributed by atoms with van der Waals surface area (Å²) in [5.74, 6) is 10.8. The van der Waals surface area contributed by atoms with Gasteiger partial charge < -0.3 is 66.7 Å². The lowest BCUT2D eigenvalue weighted by molar-refractivity contribution is 0.170. The minimum atomic E-state index is 0. The molecule has 1 N–H and O–H groups in total. The number of nitrogens with one attached hydrogen (secondary N) is 1. The molecule has 100 heavy (non-hydrogen) atoms. The van der Waals surface area contributed by atoms with Crippen molar-refractivity contribution in [2.45, 2.75) is 148 Å². The zero-order valence-electron chi connectivity index (χ0n) is 59.9. The number of hydrogen-bond donors (Lipinski definition) is 1. The number of hydrogen-bond acceptors (Lipinski definition) is 19. The molecule has 16 rings (SSSR count). The van der Waals surface area contributed by atoms with Crippen molar-refractivity contribution in [2.24, 2.45) is 35.5 Å². The fourth-order valence-corrected chi connectivity index (χ4v) is 14.7. The monoisotopic (exact) mass is 1410 g/mol. The number of ether oxygens (including phenoxy) is 7. The highest BCUT2D eigenvalue weighted by Gasteiger charge is 2.30. The first-order valence-corrected chi connectivity index (χ1v) is 36.9. The van der Waals surface area contributed by atoms with Crippen molar-refractivity contribution < 1.29 is 46.7 Å². The molecule has 5 aliphatic heterocycles. The van der Waals surface area contributed by atoms with Crippen LogP contribution >= 0.6 is 24.8 Å². The SMILES string of the molecule is CN(C)Cc1c(OCC2CC2)ccc2c(CCC3CCN(Cc4ccc5c(c4)OCO5)CC3)noc12.CN(C)Cc1c(OCC2CC2)ccc2c(CCC3CCN(Cc4ccc5c(c4)OCO5)CC3)noc12.CN(C)Cc1c(OCC2CC2)ccc2c(CCC3CCNCC3)noc12.Cl.Cl. The van der Waals surface area contributed by atoms with E-state index in [2.05, 4.69) is 148 Å². The van der Waals surface area contributed by atoms with Crippen molar-refractivity contribution in [3.8, 4) is 40.2 Å². The molecule has 542 valence electrons. The largest absolute Gasteiger partial charge is 0.493 e. The molecule has 19 nitrogen and oxygen atoms in total. The topological polar surface area (TPSA) is 171 Å². The molecule has 0 unspecified atom stereocenters. The van der Waals surface area contributed by atoms with Crippen LogP contribution < -0.4 is 38.5 Å². The van der Waals surface area contributed by atoms with E-state index in [1.807, 2.05) is 12.1 Å². The second-order valence-corrected chi connectivity index (χ2v) is 30.2. The number of aromatic nitrogens is 3. The summed E-state index contributed by atoms with van der Waals surface area (Å²) in [6.07, 6.45) is 21.7. The van der Waals surface area contributed by atoms with Crippen LogP contribution in [0.4, 0.5) is 0 Å². The molecule has 21 heteroatoms. The Morgan fingerprint density at radius 3 is 1.06 bits per heavy atom. The van der Waals surface area contributed by atoms with Crippen molar-refractivity contribution in [3.63, 3.8) is 0 Å². The van der Waals surface area contributed by atoms with Gasteiger partial charge in [-0.15, -0.1) is 24.8 Å². The van der Waals surface area contributed by atoms with Crippen LogP contribution in [0.5, 0.6) is 40.2 Å². The van der Waals surface area contributed by atoms with Gasteiger partial charge in [0.05, 0.1) is 53.6 Å². The Balaban J connectivity index is 0.000000143. The molecule has 6 fully saturated rings. The minimum Gasteiger partial charge on any atom is -0.493 e. The van der Waals surface area contributed by atoms with Gasteiger partial charge in [0, 0.05) is 48.9 Å². The van der Waals surface area contributed by atoms with Gasteiger partial charge in [0.25, 0.3) is 0 Å². The summed E-state index contributed by atoms with van der Waals surface area (Å²) in [6.45, 7) is 14.2. The summed E-state index contributed by atoms with van der Waals surface area (Å²) in [5.41, 5.74) is 11.9. The summed E-state index contributed by atoms with van der Waals surface area (Å²) in [7, 11) is 12.5. The summed E-state index contributed by atoms with van der Waals surface area (Å²) < 4.78 is 58.1. The molecular weight excluding hydrogens is 1310 g/mol. The van der Waals surface area contributed by atoms with Gasteiger partial charge in [-0.3, -0.25) is 9.80 Å². The highest BCUT2D eigenvalue weighted by atomic mass is 35.5. The molecule has 3 aliphatic carbocycles. The van der Waals surface area contributed by atoms with Crippen LogP contribution in [-0.4, -0.2) is 155 Å². The number of likely N-dealkylation sites (tertiary alicyclic amines) is 2. The number of rotatable bonds is 28. The van der Waals surface area contributed by atoms with E-state index < -0.39 is 0 Å². The molecule has 5 aromatic carbocycles. The van der Waals surface area contributed by atoms with E-state index in [1.54, 1.807) is 0 Å². The van der Waals surface area contributed by atoms with Crippen LogP contribution in [0.15, 0.2) is 86.4 Å². The minimum absolute atomic E-state index is 0. The average Bonchev–Trinajstić information content (AvgIpc) is 1.64. The third-order valence-electron chi connectivity index (χ3n) is 21.2. The van der Waals surface area contributed by atoms with E-state index in [1.165, 1.54) is 94.6 Å². The Morgan fingerprint density at radius 2 is 0.730 bits per heavy atom. The van der Waals surface area contributed by atoms with Gasteiger partial charge in [-0.1, -0.05) is 27.6 Å². The van der Waals surface area contributed by atoms with E-state index in [9.17, 15) is 0 Å². The second kappa shape index (κ2) is 34.6. The van der Waals surface area contributed by atoms with Crippen LogP contribution in [-0.2, 0) is 52.0 Å². The van der Waals surface area contributed by atoms with E-state index >= 15 is 0 Å². The van der Waals surface area contributed by atoms with Crippen molar-refractivity contribution in [3.05, 3.63) is 118 Å². The molecule has 0 bridgehead atoms. The summed E-state index contributed by atoms with van der Waals surface area (Å²) in [4.78, 5) is 11.6. The standard InChI is InChI=1S/2C29H37N3O4.C21H31N3O2.2ClH/c2*1-31(2)17-24-26(33-18-21-3-4-21)10-7-23-25(30-36-29(23)24)8-5-20-11-13-32(14-12-20)16-22-6-9-27-28(15-22)35-19-34-27;1-24(2)13-18-20(25-14-16-3-4-16)8-6-17-19(23-26-21(17)18)7-5-15-9-11-22-12-10-15;;/h2*6-7,9-10,15,20-21H,3-5,8,11-14,16-19H2,1-2H3;6,8,15-16,22H,3-5,7,9-14H2,1-2H3;2*1H. The van der Waals surface area contributed by atoms with Crippen molar-refractivity contribution in [2.75, 3.05) is 115 Å². The van der Waals surface area contributed by atoms with Crippen molar-refractivity contribution >= 4 is 57.7 Å². The fraction of sp³-hybridized carbons (Fsp3) is 0.582. The van der Waals surface area contributed by atoms with Crippen LogP contribution in [0.3, 0.4) is 0 Å². The van der Waals surface area contributed by atoms with Crippen LogP contribution in [0, 0.1) is 35.5 Å². The second-order valence-electron chi connectivity index (χ2n) is 30.2. The van der Waals surface area contributed by atoms with Gasteiger partial charge in [-0.05, 0) is 304 Å². The molecule has 0 radical (unpaired) electrons. The molecular formula is C79H107Cl2N9O10. The predicted octanol–water partition coefficient (Wildman–Crippen LogP) is 15.0. The van der Waals surface area contributed by atoms with E-state index in [4.69, 9.17) is 46.7 Å². The first-order chi connectivity index (χ1) is 47.9. The first-order valence-electron chi connectivity index (χ1n) is 36.9. The molecule has 0 spiro atoms.